The number of nitrogen functional groups attached to an aromatic ring is 1. The second-order valence-corrected chi connectivity index (χ2v) is 4.03. The van der Waals surface area contributed by atoms with Gasteiger partial charge in [-0.2, -0.15) is 0 Å². The number of hydrogen-bond donors (Lipinski definition) is 1. The molecule has 0 aliphatic heterocycles. The van der Waals surface area contributed by atoms with Crippen molar-refractivity contribution in [2.24, 2.45) is 5.16 Å². The standard InChI is InChI=1S/C13H12N4O3/c1-9(10-3-2-4-15-8-10)16-20-13-6-11(14)5-12(7-13)17(18)19/h2-8H,14H2,1H3/b16-9+. The Morgan fingerprint density at radius 3 is 2.90 bits per heavy atom. The van der Waals surface area contributed by atoms with Gasteiger partial charge in [0, 0.05) is 35.8 Å². The topological polar surface area (TPSA) is 104 Å². The van der Waals surface area contributed by atoms with Gasteiger partial charge in [0.15, 0.2) is 5.75 Å². The third-order valence-corrected chi connectivity index (χ3v) is 2.49. The lowest BCUT2D eigenvalue weighted by atomic mass is 10.2. The maximum absolute atomic E-state index is 10.7. The van der Waals surface area contributed by atoms with E-state index in [1.807, 2.05) is 6.07 Å². The number of benzene rings is 1. The zero-order chi connectivity index (χ0) is 14.5. The number of non-ortho nitro benzene ring substituents is 1. The number of oxime groups is 1. The lowest BCUT2D eigenvalue weighted by Gasteiger charge is -2.03. The normalized spacial score (nSPS) is 11.2. The van der Waals surface area contributed by atoms with Crippen LogP contribution in [0.15, 0.2) is 47.9 Å². The van der Waals surface area contributed by atoms with Crippen molar-refractivity contribution in [1.82, 2.24) is 4.98 Å². The first-order chi connectivity index (χ1) is 9.56. The Labute approximate surface area is 114 Å². The Bertz CT molecular complexity index is 656. The number of hydrogen-bond acceptors (Lipinski definition) is 6. The molecule has 7 heteroatoms. The molecule has 0 unspecified atom stereocenters. The minimum atomic E-state index is -0.541. The third kappa shape index (κ3) is 3.29. The molecule has 2 aromatic rings. The lowest BCUT2D eigenvalue weighted by molar-refractivity contribution is -0.384. The molecule has 20 heavy (non-hydrogen) atoms. The van der Waals surface area contributed by atoms with Crippen LogP contribution in [-0.4, -0.2) is 15.6 Å². The van der Waals surface area contributed by atoms with Crippen LogP contribution in [0.25, 0.3) is 0 Å². The van der Waals surface area contributed by atoms with Gasteiger partial charge in [0.25, 0.3) is 5.69 Å². The van der Waals surface area contributed by atoms with Crippen molar-refractivity contribution in [2.45, 2.75) is 6.92 Å². The highest BCUT2D eigenvalue weighted by Crippen LogP contribution is 2.24. The molecule has 0 fully saturated rings. The summed E-state index contributed by atoms with van der Waals surface area (Å²) in [6.45, 7) is 1.75. The van der Waals surface area contributed by atoms with Crippen LogP contribution in [-0.2, 0) is 0 Å². The summed E-state index contributed by atoms with van der Waals surface area (Å²) in [4.78, 5) is 19.3. The summed E-state index contributed by atoms with van der Waals surface area (Å²) in [5.74, 6) is 0.208. The van der Waals surface area contributed by atoms with Gasteiger partial charge in [-0.05, 0) is 19.1 Å². The Morgan fingerprint density at radius 2 is 2.25 bits per heavy atom. The predicted molar refractivity (Wildman–Crippen MR) is 74.6 cm³/mol. The SMILES string of the molecule is C/C(=N\Oc1cc(N)cc([N+](=O)[O-])c1)c1cccnc1. The van der Waals surface area contributed by atoms with Gasteiger partial charge in [-0.25, -0.2) is 0 Å². The van der Waals surface area contributed by atoms with Gasteiger partial charge in [0.2, 0.25) is 0 Å². The first-order valence-electron chi connectivity index (χ1n) is 5.73. The summed E-state index contributed by atoms with van der Waals surface area (Å²) in [7, 11) is 0. The summed E-state index contributed by atoms with van der Waals surface area (Å²) in [6, 6.07) is 7.59. The Kier molecular flexibility index (Phi) is 3.90. The summed E-state index contributed by atoms with van der Waals surface area (Å²) in [5, 5.41) is 14.6. The van der Waals surface area contributed by atoms with Crippen LogP contribution in [0.3, 0.4) is 0 Å². The van der Waals surface area contributed by atoms with E-state index in [-0.39, 0.29) is 17.1 Å². The van der Waals surface area contributed by atoms with E-state index in [4.69, 9.17) is 10.6 Å². The average molecular weight is 272 g/mol. The van der Waals surface area contributed by atoms with Crippen molar-refractivity contribution in [3.63, 3.8) is 0 Å². The van der Waals surface area contributed by atoms with Crippen molar-refractivity contribution in [3.05, 3.63) is 58.4 Å². The number of nitrogens with zero attached hydrogens (tertiary/aromatic N) is 3. The van der Waals surface area contributed by atoms with Crippen LogP contribution in [0.5, 0.6) is 5.75 Å². The number of aromatic nitrogens is 1. The highest BCUT2D eigenvalue weighted by Gasteiger charge is 2.09. The number of nitro benzene ring substituents is 1. The summed E-state index contributed by atoms with van der Waals surface area (Å²) in [5.41, 5.74) is 7.06. The molecular formula is C13H12N4O3. The maximum atomic E-state index is 10.7. The van der Waals surface area contributed by atoms with E-state index in [2.05, 4.69) is 10.1 Å². The molecule has 0 spiro atoms. The van der Waals surface area contributed by atoms with E-state index in [9.17, 15) is 10.1 Å². The van der Waals surface area contributed by atoms with Crippen LogP contribution in [0.4, 0.5) is 11.4 Å². The quantitative estimate of drug-likeness (QED) is 0.398. The molecule has 0 saturated heterocycles. The van der Waals surface area contributed by atoms with Gasteiger partial charge in [-0.3, -0.25) is 15.1 Å². The van der Waals surface area contributed by atoms with Crippen molar-refractivity contribution in [2.75, 3.05) is 5.73 Å². The second-order valence-electron chi connectivity index (χ2n) is 4.03. The molecule has 2 N–H and O–H groups in total. The van der Waals surface area contributed by atoms with E-state index < -0.39 is 4.92 Å². The Balaban J connectivity index is 2.20. The van der Waals surface area contributed by atoms with Crippen LogP contribution in [0.2, 0.25) is 0 Å². The molecular weight excluding hydrogens is 260 g/mol. The van der Waals surface area contributed by atoms with Gasteiger partial charge >= 0.3 is 0 Å². The summed E-state index contributed by atoms with van der Waals surface area (Å²) >= 11 is 0. The number of pyridine rings is 1. The summed E-state index contributed by atoms with van der Waals surface area (Å²) < 4.78 is 0. The predicted octanol–water partition coefficient (Wildman–Crippen LogP) is 2.38. The molecule has 1 aromatic heterocycles. The molecule has 0 aliphatic carbocycles. The zero-order valence-electron chi connectivity index (χ0n) is 10.7. The van der Waals surface area contributed by atoms with Crippen molar-refractivity contribution in [3.8, 4) is 5.75 Å². The summed E-state index contributed by atoms with van der Waals surface area (Å²) in [6.07, 6.45) is 3.29. The third-order valence-electron chi connectivity index (χ3n) is 2.49. The Morgan fingerprint density at radius 1 is 1.45 bits per heavy atom. The molecule has 0 atom stereocenters. The lowest BCUT2D eigenvalue weighted by Crippen LogP contribution is -1.99. The zero-order valence-corrected chi connectivity index (χ0v) is 10.7. The minimum Gasteiger partial charge on any atom is -0.398 e. The fourth-order valence-electron chi connectivity index (χ4n) is 1.51. The monoisotopic (exact) mass is 272 g/mol. The molecule has 1 heterocycles. The number of rotatable bonds is 4. The second kappa shape index (κ2) is 5.79. The van der Waals surface area contributed by atoms with Gasteiger partial charge in [-0.15, -0.1) is 0 Å². The van der Waals surface area contributed by atoms with Crippen LogP contribution >= 0.6 is 0 Å². The molecule has 0 amide bonds. The van der Waals surface area contributed by atoms with E-state index in [0.717, 1.165) is 5.56 Å². The van der Waals surface area contributed by atoms with Gasteiger partial charge in [0.1, 0.15) is 0 Å². The average Bonchev–Trinajstić information content (AvgIpc) is 2.45. The fraction of sp³-hybridized carbons (Fsp3) is 0.0769. The largest absolute Gasteiger partial charge is 0.398 e. The highest BCUT2D eigenvalue weighted by molar-refractivity contribution is 5.98. The molecule has 0 radical (unpaired) electrons. The maximum Gasteiger partial charge on any atom is 0.275 e. The smallest absolute Gasteiger partial charge is 0.275 e. The minimum absolute atomic E-state index is 0.144. The van der Waals surface area contributed by atoms with E-state index in [1.165, 1.54) is 18.2 Å². The highest BCUT2D eigenvalue weighted by atomic mass is 16.6. The molecule has 0 aliphatic rings. The molecule has 0 bridgehead atoms. The fourth-order valence-corrected chi connectivity index (χ4v) is 1.51. The number of nitrogens with two attached hydrogens (primary N) is 1. The van der Waals surface area contributed by atoms with Crippen LogP contribution in [0.1, 0.15) is 12.5 Å². The van der Waals surface area contributed by atoms with Gasteiger partial charge < -0.3 is 10.6 Å². The van der Waals surface area contributed by atoms with Crippen molar-refractivity contribution in [1.29, 1.82) is 0 Å². The van der Waals surface area contributed by atoms with E-state index in [0.29, 0.717) is 5.71 Å². The van der Waals surface area contributed by atoms with Crippen LogP contribution < -0.4 is 10.6 Å². The van der Waals surface area contributed by atoms with Gasteiger partial charge in [-0.1, -0.05) is 5.16 Å². The molecule has 102 valence electrons. The van der Waals surface area contributed by atoms with E-state index >= 15 is 0 Å². The number of anilines is 1. The van der Waals surface area contributed by atoms with Crippen LogP contribution in [0, 0.1) is 10.1 Å². The molecule has 2 rings (SSSR count). The number of nitro groups is 1. The first kappa shape index (κ1) is 13.5. The van der Waals surface area contributed by atoms with E-state index in [1.54, 1.807) is 25.4 Å². The van der Waals surface area contributed by atoms with Crippen molar-refractivity contribution >= 4 is 17.1 Å². The molecule has 1 aromatic carbocycles. The van der Waals surface area contributed by atoms with Gasteiger partial charge in [0.05, 0.1) is 16.7 Å². The molecule has 0 saturated carbocycles. The Hall–Kier alpha value is -2.96. The van der Waals surface area contributed by atoms with Crippen molar-refractivity contribution < 1.29 is 9.76 Å². The molecule has 7 nitrogen and oxygen atoms in total. The first-order valence-corrected chi connectivity index (χ1v) is 5.73.